The molecule has 22 heteroatoms. The molecule has 10 atom stereocenters. The van der Waals surface area contributed by atoms with E-state index in [0.717, 1.165) is 72.5 Å². The summed E-state index contributed by atoms with van der Waals surface area (Å²) >= 11 is 0. The van der Waals surface area contributed by atoms with Gasteiger partial charge >= 0.3 is 41.1 Å². The highest BCUT2D eigenvalue weighted by Gasteiger charge is 2.68. The van der Waals surface area contributed by atoms with Gasteiger partial charge in [-0.15, -0.1) is 0 Å². The number of ether oxygens (including phenoxy) is 8. The number of para-hydroxylation sites is 2. The van der Waals surface area contributed by atoms with Gasteiger partial charge in [0.2, 0.25) is 9.79 Å². The van der Waals surface area contributed by atoms with Gasteiger partial charge in [-0.3, -0.25) is 24.0 Å². The number of hydrogen-bond acceptors (Lipinski definition) is 18. The fourth-order valence-corrected chi connectivity index (χ4v) is 17.5. The Bertz CT molecular complexity index is 4420. The van der Waals surface area contributed by atoms with Crippen molar-refractivity contribution in [3.05, 3.63) is 145 Å². The molecular weight excluding hydrogens is 1500 g/mol. The van der Waals surface area contributed by atoms with E-state index in [9.17, 15) is 55.6 Å². The van der Waals surface area contributed by atoms with Crippen LogP contribution in [0.4, 0.5) is 8.78 Å². The van der Waals surface area contributed by atoms with Crippen LogP contribution in [0.3, 0.4) is 0 Å². The van der Waals surface area contributed by atoms with Gasteiger partial charge in [0.15, 0.2) is 38.2 Å². The van der Waals surface area contributed by atoms with Crippen molar-refractivity contribution in [3.8, 4) is 28.7 Å². The first-order chi connectivity index (χ1) is 52.9. The summed E-state index contributed by atoms with van der Waals surface area (Å²) in [6.07, 6.45) is 9.04. The zero-order chi connectivity index (χ0) is 85.3. The molecule has 114 heavy (non-hydrogen) atoms. The molecule has 1 saturated heterocycles. The predicted molar refractivity (Wildman–Crippen MR) is 439 cm³/mol. The van der Waals surface area contributed by atoms with Crippen molar-refractivity contribution in [2.45, 2.75) is 284 Å². The van der Waals surface area contributed by atoms with Crippen molar-refractivity contribution in [2.75, 3.05) is 7.11 Å². The summed E-state index contributed by atoms with van der Waals surface area (Å²) in [7, 11) is -4.72. The Morgan fingerprint density at radius 3 is 1.61 bits per heavy atom. The second kappa shape index (κ2) is 37.0. The third-order valence-corrected chi connectivity index (χ3v) is 27.7. The molecule has 4 saturated carbocycles. The first-order valence-corrected chi connectivity index (χ1v) is 42.8. The smallest absolute Gasteiger partial charge is 0.369 e. The number of cyclic esters (lactones) is 1. The van der Waals surface area contributed by atoms with Gasteiger partial charge in [-0.25, -0.2) is 13.2 Å². The zero-order valence-electron chi connectivity index (χ0n) is 71.3. The lowest BCUT2D eigenvalue weighted by atomic mass is 9.65. The number of carbonyl (C=O) groups is 6. The third-order valence-electron chi connectivity index (χ3n) is 24.4. The van der Waals surface area contributed by atoms with Gasteiger partial charge in [0.25, 0.3) is 0 Å². The van der Waals surface area contributed by atoms with Crippen molar-refractivity contribution in [3.63, 3.8) is 0 Å². The van der Waals surface area contributed by atoms with Crippen LogP contribution in [0.15, 0.2) is 148 Å². The van der Waals surface area contributed by atoms with E-state index in [2.05, 4.69) is 156 Å². The number of hydrogen-bond donors (Lipinski definition) is 1. The number of rotatable bonds is 20. The summed E-state index contributed by atoms with van der Waals surface area (Å²) < 4.78 is 99.6. The molecule has 4 aliphatic carbocycles. The van der Waals surface area contributed by atoms with Crippen LogP contribution < -0.4 is 14.2 Å². The normalized spacial score (nSPS) is 22.3. The Balaban J connectivity index is 0.000000190. The molecule has 0 radical (unpaired) electrons. The second-order valence-corrected chi connectivity index (χ2v) is 38.9. The number of aromatic hydroxyl groups is 1. The summed E-state index contributed by atoms with van der Waals surface area (Å²) in [6.45, 7) is 41.2. The average molecular weight is 1620 g/mol. The Hall–Kier alpha value is -8.08. The van der Waals surface area contributed by atoms with Gasteiger partial charge < -0.3 is 47.6 Å². The van der Waals surface area contributed by atoms with E-state index in [0.29, 0.717) is 32.1 Å². The van der Waals surface area contributed by atoms with E-state index in [4.69, 9.17) is 28.4 Å². The molecule has 1 N–H and O–H groups in total. The van der Waals surface area contributed by atoms with Gasteiger partial charge in [-0.05, 0) is 280 Å². The van der Waals surface area contributed by atoms with E-state index >= 15 is 0 Å². The molecule has 18 nitrogen and oxygen atoms in total. The first-order valence-electron chi connectivity index (χ1n) is 40.2. The molecule has 12 rings (SSSR count). The summed E-state index contributed by atoms with van der Waals surface area (Å²) in [5, 5.41) is 7.56. The van der Waals surface area contributed by atoms with E-state index in [1.807, 2.05) is 65.8 Å². The van der Waals surface area contributed by atoms with Crippen LogP contribution in [0.5, 0.6) is 28.7 Å². The Kier molecular flexibility index (Phi) is 30.2. The highest BCUT2D eigenvalue weighted by Crippen LogP contribution is 2.71. The summed E-state index contributed by atoms with van der Waals surface area (Å²) in [5.74, 6) is 5.59. The topological polar surface area (TPSA) is 254 Å². The second-order valence-electron chi connectivity index (χ2n) is 35.5. The SMILES string of the molecule is CCC(C)(C)C(=O)OC(C)C(F)(F)S(=O)(=O)[O-].CCC(C)(C)C(=O)OC1(C)CC(=O)OC1C.CCC(C)(C)C(=O)OC1(CC)CC2CC1C1C3CCC(C3)C21.CCC(C)(C)C(=O)Oc1ccc(C(=O)OC)c(O)c1.CCC(C)(C)c1ccc2cc(OC(C)(C)C)ccc2c1.c1ccc([S+]2c3ccccc3Oc3ccccc32)cc1. The number of fused-ring (bicyclic) bond motifs is 12. The van der Waals surface area contributed by atoms with Crippen LogP contribution in [0.2, 0.25) is 0 Å². The van der Waals surface area contributed by atoms with Crippen LogP contribution >= 0.6 is 0 Å². The average Bonchev–Trinajstić information content (AvgIpc) is 1.53. The van der Waals surface area contributed by atoms with Crippen LogP contribution in [0.1, 0.15) is 245 Å². The van der Waals surface area contributed by atoms with Gasteiger partial charge in [-0.1, -0.05) is 122 Å². The highest BCUT2D eigenvalue weighted by molar-refractivity contribution is 7.97. The Morgan fingerprint density at radius 2 is 1.11 bits per heavy atom. The van der Waals surface area contributed by atoms with Crippen molar-refractivity contribution in [1.82, 2.24) is 0 Å². The van der Waals surface area contributed by atoms with Crippen LogP contribution in [0.25, 0.3) is 10.8 Å². The molecule has 5 fully saturated rings. The van der Waals surface area contributed by atoms with Crippen LogP contribution in [-0.2, 0) is 74.1 Å². The van der Waals surface area contributed by atoms with Crippen molar-refractivity contribution < 1.29 is 93.5 Å². The molecule has 0 aromatic heterocycles. The zero-order valence-corrected chi connectivity index (χ0v) is 72.9. The summed E-state index contributed by atoms with van der Waals surface area (Å²) in [5.41, 5.74) is -1.92. The number of carbonyl (C=O) groups excluding carboxylic acids is 6. The fraction of sp³-hybridized carbons (Fsp3) is 0.565. The lowest BCUT2D eigenvalue weighted by Gasteiger charge is -2.46. The molecule has 6 aromatic rings. The highest BCUT2D eigenvalue weighted by atomic mass is 32.2. The van der Waals surface area contributed by atoms with Crippen molar-refractivity contribution in [1.29, 1.82) is 0 Å². The lowest BCUT2D eigenvalue weighted by Crippen LogP contribution is -2.49. The molecule has 10 unspecified atom stereocenters. The van der Waals surface area contributed by atoms with E-state index < -0.39 is 55.3 Å². The minimum Gasteiger partial charge on any atom is -0.743 e. The van der Waals surface area contributed by atoms with Gasteiger partial charge in [0.1, 0.15) is 51.0 Å². The number of methoxy groups -OCH3 is 1. The number of benzene rings is 6. The molecular formula is C92H124F2O18S2. The molecule has 626 valence electrons. The molecule has 2 heterocycles. The Labute approximate surface area is 678 Å². The fourth-order valence-electron chi connectivity index (χ4n) is 14.9. The quantitative estimate of drug-likeness (QED) is 0.0186. The molecule has 0 spiro atoms. The first kappa shape index (κ1) is 93.1. The van der Waals surface area contributed by atoms with Crippen molar-refractivity contribution >= 4 is 67.6 Å². The van der Waals surface area contributed by atoms with E-state index in [-0.39, 0.29) is 86.4 Å². The number of phenolic OH excluding ortho intramolecular Hbond substituents is 1. The van der Waals surface area contributed by atoms with Gasteiger partial charge in [-0.2, -0.15) is 8.78 Å². The van der Waals surface area contributed by atoms with Crippen LogP contribution in [0, 0.1) is 57.2 Å². The number of esters is 6. The number of phenols is 1. The number of halogens is 2. The van der Waals surface area contributed by atoms with Gasteiger partial charge in [0, 0.05) is 12.0 Å². The maximum Gasteiger partial charge on any atom is 0.369 e. The minimum atomic E-state index is -5.86. The van der Waals surface area contributed by atoms with E-state index in [1.54, 1.807) is 34.6 Å². The largest absolute Gasteiger partial charge is 0.743 e. The third kappa shape index (κ3) is 22.0. The molecule has 4 bridgehead atoms. The maximum absolute atomic E-state index is 13.0. The lowest BCUT2D eigenvalue weighted by molar-refractivity contribution is -0.183. The minimum absolute atomic E-state index is 0.0250. The Morgan fingerprint density at radius 1 is 0.614 bits per heavy atom. The van der Waals surface area contributed by atoms with Crippen LogP contribution in [-0.4, -0.2) is 95.3 Å². The predicted octanol–water partition coefficient (Wildman–Crippen LogP) is 21.5. The molecule has 6 aromatic carbocycles. The molecule has 0 amide bonds. The summed E-state index contributed by atoms with van der Waals surface area (Å²) in [6, 6.07) is 44.4. The monoisotopic (exact) mass is 1620 g/mol. The van der Waals surface area contributed by atoms with Crippen molar-refractivity contribution in [2.24, 2.45) is 57.2 Å². The van der Waals surface area contributed by atoms with E-state index in [1.165, 1.54) is 95.9 Å². The summed E-state index contributed by atoms with van der Waals surface area (Å²) in [4.78, 5) is 74.2. The molecule has 6 aliphatic rings. The molecule has 2 aliphatic heterocycles. The van der Waals surface area contributed by atoms with Gasteiger partial charge in [0.05, 0.1) is 35.2 Å². The standard InChI is InChI=1S/C20H32O2.C19H26O.C18H13OS.C14H18O5.C12H20O4.C9H16F2O5S/c1-5-19(3,4)18(21)22-20(6-2)11-14-10-15(20)17-13-8-7-12(9-13)16(14)17;1-7-19(5,6)16-10-8-15-13-17(20-18(2,3)4)11-9-14(15)12-16;1-2-8-14(9-3-1)20-17-12-6-4-10-15(17)19-16-11-5-7-13-18(16)20;1-5-14(2,3)13(17)19-9-6-7-10(11(15)8-9)12(16)18-4;1-6-11(3,4)10(14)16-12(5)7-9(13)15-8(12)2;1-5-8(3,4)7(12)16-6(2)9(10,11)17(13,14)15/h12-17H,5-11H2,1-4H3;8-13H,7H2,1-6H3;1-13H;6-8,15H,5H2,1-4H3;8H,6-7H2,1-5H3;6H,5H2,1-4H3,(H,13,14,15)/q;;+1;;;/p-1. The number of alkyl halides is 2. The maximum atomic E-state index is 13.0.